The van der Waals surface area contributed by atoms with Crippen LogP contribution < -0.4 is 0 Å². The van der Waals surface area contributed by atoms with Crippen molar-refractivity contribution in [1.82, 2.24) is 9.80 Å². The van der Waals surface area contributed by atoms with Crippen molar-refractivity contribution < 1.29 is 18.9 Å². The third-order valence-electron chi connectivity index (χ3n) is 7.12. The fourth-order valence-corrected chi connectivity index (χ4v) is 5.40. The van der Waals surface area contributed by atoms with Crippen LogP contribution in [0.2, 0.25) is 0 Å². The summed E-state index contributed by atoms with van der Waals surface area (Å²) in [6, 6.07) is 4.80. The normalized spacial score (nSPS) is 28.0. The summed E-state index contributed by atoms with van der Waals surface area (Å²) < 4.78 is 22.3. The predicted octanol–water partition coefficient (Wildman–Crippen LogP) is 3.48. The fourth-order valence-electron chi connectivity index (χ4n) is 5.40. The molecule has 4 heterocycles. The smallest absolute Gasteiger partial charge is 0.0936 e. The highest BCUT2D eigenvalue weighted by Gasteiger charge is 2.36. The molecular formula is C28H44N2O4. The van der Waals surface area contributed by atoms with Crippen LogP contribution in [0.4, 0.5) is 0 Å². The van der Waals surface area contributed by atoms with Crippen LogP contribution in [0.15, 0.2) is 12.1 Å². The Hall–Kier alpha value is -1.02. The number of epoxide rings is 4. The lowest BCUT2D eigenvalue weighted by molar-refractivity contribution is 0.209. The summed E-state index contributed by atoms with van der Waals surface area (Å²) in [5.41, 5.74) is 6.03. The lowest BCUT2D eigenvalue weighted by Gasteiger charge is -2.37. The van der Waals surface area contributed by atoms with E-state index in [0.29, 0.717) is 24.4 Å². The standard InChI is InChI=1S/C28H44N2O4/c1-27(2,3)25-19(9-29(11-21-15-31-21)12-22-16-32-22)7-8-20(26(25)28(4,5)6)10-30(13-23-17-33-23)14-24-18-34-24/h7-8,21-24H,9-18H2,1-6H3. The molecule has 0 N–H and O–H groups in total. The zero-order valence-corrected chi connectivity index (χ0v) is 22.1. The van der Waals surface area contributed by atoms with E-state index >= 15 is 0 Å². The molecule has 0 bridgehead atoms. The van der Waals surface area contributed by atoms with Gasteiger partial charge in [0.05, 0.1) is 50.8 Å². The average molecular weight is 473 g/mol. The van der Waals surface area contributed by atoms with Crippen molar-refractivity contribution in [2.45, 2.75) is 89.9 Å². The summed E-state index contributed by atoms with van der Waals surface area (Å²) in [7, 11) is 0. The molecule has 4 fully saturated rings. The van der Waals surface area contributed by atoms with Gasteiger partial charge in [0.25, 0.3) is 0 Å². The predicted molar refractivity (Wildman–Crippen MR) is 133 cm³/mol. The average Bonchev–Trinajstić information content (AvgIpc) is 3.57. The Morgan fingerprint density at radius 1 is 0.588 bits per heavy atom. The molecule has 34 heavy (non-hydrogen) atoms. The molecule has 0 amide bonds. The van der Waals surface area contributed by atoms with E-state index in [4.69, 9.17) is 18.9 Å². The number of nitrogens with zero attached hydrogens (tertiary/aromatic N) is 2. The second kappa shape index (κ2) is 9.45. The van der Waals surface area contributed by atoms with Crippen LogP contribution in [-0.2, 0) is 42.9 Å². The molecule has 190 valence electrons. The number of rotatable bonds is 12. The van der Waals surface area contributed by atoms with Gasteiger partial charge in [-0.1, -0.05) is 53.7 Å². The van der Waals surface area contributed by atoms with Gasteiger partial charge in [-0.2, -0.15) is 0 Å². The molecular weight excluding hydrogens is 428 g/mol. The maximum Gasteiger partial charge on any atom is 0.0936 e. The van der Waals surface area contributed by atoms with E-state index in [0.717, 1.165) is 65.7 Å². The summed E-state index contributed by atoms with van der Waals surface area (Å²) in [6.45, 7) is 23.7. The van der Waals surface area contributed by atoms with Crippen LogP contribution in [0.1, 0.15) is 63.8 Å². The first-order valence-electron chi connectivity index (χ1n) is 13.1. The Labute approximate surface area is 205 Å². The number of benzene rings is 1. The highest BCUT2D eigenvalue weighted by molar-refractivity contribution is 5.49. The second-order valence-electron chi connectivity index (χ2n) is 12.8. The highest BCUT2D eigenvalue weighted by atomic mass is 16.6. The van der Waals surface area contributed by atoms with Gasteiger partial charge in [0.1, 0.15) is 0 Å². The molecule has 4 aliphatic heterocycles. The van der Waals surface area contributed by atoms with E-state index < -0.39 is 0 Å². The maximum absolute atomic E-state index is 5.58. The Kier molecular flexibility index (Phi) is 6.86. The molecule has 1 aromatic carbocycles. The molecule has 0 saturated carbocycles. The van der Waals surface area contributed by atoms with Crippen LogP contribution in [0, 0.1) is 0 Å². The van der Waals surface area contributed by atoms with Crippen molar-refractivity contribution in [3.8, 4) is 0 Å². The largest absolute Gasteiger partial charge is 0.372 e. The van der Waals surface area contributed by atoms with Gasteiger partial charge in [-0.25, -0.2) is 0 Å². The third-order valence-corrected chi connectivity index (χ3v) is 7.12. The van der Waals surface area contributed by atoms with E-state index in [-0.39, 0.29) is 10.8 Å². The Morgan fingerprint density at radius 3 is 1.06 bits per heavy atom. The molecule has 4 saturated heterocycles. The van der Waals surface area contributed by atoms with Gasteiger partial charge in [-0.3, -0.25) is 9.80 Å². The first kappa shape index (κ1) is 24.7. The zero-order valence-electron chi connectivity index (χ0n) is 22.1. The minimum atomic E-state index is 0.0514. The molecule has 4 unspecified atom stereocenters. The quantitative estimate of drug-likeness (QED) is 0.434. The Morgan fingerprint density at radius 2 is 0.853 bits per heavy atom. The molecule has 0 aliphatic carbocycles. The second-order valence-corrected chi connectivity index (χ2v) is 12.8. The van der Waals surface area contributed by atoms with E-state index in [2.05, 4.69) is 63.5 Å². The minimum absolute atomic E-state index is 0.0514. The monoisotopic (exact) mass is 472 g/mol. The van der Waals surface area contributed by atoms with Crippen molar-refractivity contribution in [1.29, 1.82) is 0 Å². The molecule has 4 aliphatic rings. The van der Waals surface area contributed by atoms with Gasteiger partial charge < -0.3 is 18.9 Å². The van der Waals surface area contributed by atoms with Crippen LogP contribution >= 0.6 is 0 Å². The fraction of sp³-hybridized carbons (Fsp3) is 0.786. The van der Waals surface area contributed by atoms with E-state index in [1.807, 2.05) is 0 Å². The minimum Gasteiger partial charge on any atom is -0.372 e. The van der Waals surface area contributed by atoms with E-state index in [1.165, 1.54) is 22.3 Å². The highest BCUT2D eigenvalue weighted by Crippen LogP contribution is 2.40. The molecule has 1 aromatic rings. The van der Waals surface area contributed by atoms with Crippen LogP contribution in [0.25, 0.3) is 0 Å². The van der Waals surface area contributed by atoms with Gasteiger partial charge in [-0.15, -0.1) is 0 Å². The van der Waals surface area contributed by atoms with Gasteiger partial charge in [0, 0.05) is 39.3 Å². The number of hydrogen-bond donors (Lipinski definition) is 0. The van der Waals surface area contributed by atoms with Gasteiger partial charge in [-0.05, 0) is 33.1 Å². The summed E-state index contributed by atoms with van der Waals surface area (Å²) in [4.78, 5) is 5.10. The summed E-state index contributed by atoms with van der Waals surface area (Å²) in [5, 5.41) is 0. The SMILES string of the molecule is CC(C)(C)c1c(CN(CC2CO2)CC2CO2)ccc(CN(CC2CO2)CC2CO2)c1C(C)(C)C. The third kappa shape index (κ3) is 6.80. The van der Waals surface area contributed by atoms with Crippen molar-refractivity contribution in [2.75, 3.05) is 52.6 Å². The summed E-state index contributed by atoms with van der Waals surface area (Å²) in [6.07, 6.45) is 1.56. The first-order chi connectivity index (χ1) is 16.1. The van der Waals surface area contributed by atoms with Gasteiger partial charge >= 0.3 is 0 Å². The van der Waals surface area contributed by atoms with Crippen molar-refractivity contribution in [2.24, 2.45) is 0 Å². The van der Waals surface area contributed by atoms with E-state index in [1.54, 1.807) is 0 Å². The number of hydrogen-bond acceptors (Lipinski definition) is 6. The summed E-state index contributed by atoms with van der Waals surface area (Å²) >= 11 is 0. The summed E-state index contributed by atoms with van der Waals surface area (Å²) in [5.74, 6) is 0. The van der Waals surface area contributed by atoms with Gasteiger partial charge in [0.15, 0.2) is 0 Å². The molecule has 0 radical (unpaired) electrons. The Bertz CT molecular complexity index is 759. The lowest BCUT2D eigenvalue weighted by atomic mass is 9.71. The van der Waals surface area contributed by atoms with Crippen LogP contribution in [0.3, 0.4) is 0 Å². The molecule has 4 atom stereocenters. The lowest BCUT2D eigenvalue weighted by Crippen LogP contribution is -2.35. The van der Waals surface area contributed by atoms with Crippen LogP contribution in [-0.4, -0.2) is 86.8 Å². The molecule has 6 nitrogen and oxygen atoms in total. The maximum atomic E-state index is 5.58. The molecule has 5 rings (SSSR count). The van der Waals surface area contributed by atoms with Crippen molar-refractivity contribution >= 4 is 0 Å². The first-order valence-corrected chi connectivity index (χ1v) is 13.1. The van der Waals surface area contributed by atoms with Crippen LogP contribution in [0.5, 0.6) is 0 Å². The molecule has 6 heteroatoms. The molecule has 0 spiro atoms. The Balaban J connectivity index is 1.46. The van der Waals surface area contributed by atoms with E-state index in [9.17, 15) is 0 Å². The zero-order chi connectivity index (χ0) is 24.1. The van der Waals surface area contributed by atoms with Crippen molar-refractivity contribution in [3.05, 3.63) is 34.4 Å². The van der Waals surface area contributed by atoms with Gasteiger partial charge in [0.2, 0.25) is 0 Å². The van der Waals surface area contributed by atoms with Crippen molar-refractivity contribution in [3.63, 3.8) is 0 Å². The number of ether oxygens (including phenoxy) is 4. The topological polar surface area (TPSA) is 56.6 Å². The molecule has 0 aromatic heterocycles.